The Labute approximate surface area is 110 Å². The summed E-state index contributed by atoms with van der Waals surface area (Å²) in [5, 5.41) is 3.29. The van der Waals surface area contributed by atoms with E-state index in [9.17, 15) is 4.79 Å². The lowest BCUT2D eigenvalue weighted by atomic mass is 10.0. The number of nitrogens with zero attached hydrogens (tertiary/aromatic N) is 1. The molecule has 2 aliphatic rings. The Bertz CT molecular complexity index is 294. The van der Waals surface area contributed by atoms with Crippen LogP contribution in [0.25, 0.3) is 0 Å². The van der Waals surface area contributed by atoms with Crippen LogP contribution >= 0.6 is 0 Å². The molecule has 1 atom stereocenters. The van der Waals surface area contributed by atoms with Crippen LogP contribution in [-0.4, -0.2) is 48.7 Å². The molecule has 2 rings (SSSR count). The van der Waals surface area contributed by atoms with E-state index in [1.165, 1.54) is 12.8 Å². The summed E-state index contributed by atoms with van der Waals surface area (Å²) in [7, 11) is 0. The van der Waals surface area contributed by atoms with E-state index in [2.05, 4.69) is 10.2 Å². The Morgan fingerprint density at radius 3 is 2.61 bits per heavy atom. The SMILES string of the molecule is CCNC(C)(C)C(=O)N(CC1CCOC1)C1CC1. The van der Waals surface area contributed by atoms with E-state index in [1.54, 1.807) is 0 Å². The van der Waals surface area contributed by atoms with E-state index < -0.39 is 5.54 Å². The molecule has 0 radical (unpaired) electrons. The average Bonchev–Trinajstić information content (AvgIpc) is 3.03. The van der Waals surface area contributed by atoms with Crippen molar-refractivity contribution in [2.45, 2.75) is 51.6 Å². The Balaban J connectivity index is 1.97. The lowest BCUT2D eigenvalue weighted by Gasteiger charge is -2.34. The van der Waals surface area contributed by atoms with Crippen molar-refractivity contribution in [1.29, 1.82) is 0 Å². The van der Waals surface area contributed by atoms with Gasteiger partial charge in [0.1, 0.15) is 0 Å². The highest BCUT2D eigenvalue weighted by Gasteiger charge is 2.40. The van der Waals surface area contributed by atoms with Crippen LogP contribution in [0.1, 0.15) is 40.0 Å². The van der Waals surface area contributed by atoms with E-state index in [0.29, 0.717) is 12.0 Å². The van der Waals surface area contributed by atoms with Gasteiger partial charge < -0.3 is 15.0 Å². The van der Waals surface area contributed by atoms with Gasteiger partial charge in [0.15, 0.2) is 0 Å². The minimum atomic E-state index is -0.448. The van der Waals surface area contributed by atoms with Gasteiger partial charge >= 0.3 is 0 Å². The van der Waals surface area contributed by atoms with Crippen molar-refractivity contribution in [2.75, 3.05) is 26.3 Å². The lowest BCUT2D eigenvalue weighted by molar-refractivity contribution is -0.138. The topological polar surface area (TPSA) is 41.6 Å². The molecule has 1 aliphatic carbocycles. The second-order valence-electron chi connectivity index (χ2n) is 6.07. The Kier molecular flexibility index (Phi) is 4.28. The second kappa shape index (κ2) is 5.57. The van der Waals surface area contributed by atoms with Gasteiger partial charge in [-0.15, -0.1) is 0 Å². The molecule has 1 heterocycles. The van der Waals surface area contributed by atoms with Crippen molar-refractivity contribution in [3.63, 3.8) is 0 Å². The fourth-order valence-electron chi connectivity index (χ4n) is 2.67. The molecule has 4 heteroatoms. The van der Waals surface area contributed by atoms with Crippen LogP contribution in [0.3, 0.4) is 0 Å². The average molecular weight is 254 g/mol. The number of amides is 1. The van der Waals surface area contributed by atoms with Crippen molar-refractivity contribution in [2.24, 2.45) is 5.92 Å². The highest BCUT2D eigenvalue weighted by molar-refractivity contribution is 5.86. The minimum Gasteiger partial charge on any atom is -0.381 e. The molecule has 2 fully saturated rings. The number of rotatable bonds is 6. The fourth-order valence-corrected chi connectivity index (χ4v) is 2.67. The lowest BCUT2D eigenvalue weighted by Crippen LogP contribution is -2.55. The predicted molar refractivity (Wildman–Crippen MR) is 71.4 cm³/mol. The van der Waals surface area contributed by atoms with E-state index in [1.807, 2.05) is 20.8 Å². The van der Waals surface area contributed by atoms with Gasteiger partial charge in [0, 0.05) is 25.1 Å². The van der Waals surface area contributed by atoms with E-state index in [-0.39, 0.29) is 5.91 Å². The summed E-state index contributed by atoms with van der Waals surface area (Å²) in [4.78, 5) is 14.7. The first-order chi connectivity index (χ1) is 8.54. The zero-order valence-electron chi connectivity index (χ0n) is 11.9. The maximum Gasteiger partial charge on any atom is 0.242 e. The molecular weight excluding hydrogens is 228 g/mol. The van der Waals surface area contributed by atoms with Gasteiger partial charge in [-0.2, -0.15) is 0 Å². The third kappa shape index (κ3) is 3.23. The quantitative estimate of drug-likeness (QED) is 0.779. The molecule has 0 aromatic heterocycles. The number of nitrogens with one attached hydrogen (secondary N) is 1. The minimum absolute atomic E-state index is 0.249. The molecule has 0 spiro atoms. The molecule has 0 aromatic rings. The van der Waals surface area contributed by atoms with Gasteiger partial charge in [0.2, 0.25) is 5.91 Å². The van der Waals surface area contributed by atoms with E-state index in [0.717, 1.165) is 32.7 Å². The van der Waals surface area contributed by atoms with Crippen LogP contribution in [-0.2, 0) is 9.53 Å². The van der Waals surface area contributed by atoms with Crippen LogP contribution in [0.4, 0.5) is 0 Å². The monoisotopic (exact) mass is 254 g/mol. The van der Waals surface area contributed by atoms with Crippen molar-refractivity contribution in [3.8, 4) is 0 Å². The molecule has 1 amide bonds. The van der Waals surface area contributed by atoms with Crippen LogP contribution in [0, 0.1) is 5.92 Å². The first kappa shape index (κ1) is 13.8. The molecule has 1 saturated carbocycles. The maximum atomic E-state index is 12.6. The summed E-state index contributed by atoms with van der Waals surface area (Å²) >= 11 is 0. The van der Waals surface area contributed by atoms with Gasteiger partial charge in [-0.05, 0) is 39.7 Å². The van der Waals surface area contributed by atoms with Crippen molar-refractivity contribution in [1.82, 2.24) is 10.2 Å². The zero-order chi connectivity index (χ0) is 13.2. The maximum absolute atomic E-state index is 12.6. The summed E-state index contributed by atoms with van der Waals surface area (Å²) in [5.74, 6) is 0.783. The molecule has 4 nitrogen and oxygen atoms in total. The fraction of sp³-hybridized carbons (Fsp3) is 0.929. The molecule has 0 aromatic carbocycles. The molecule has 1 saturated heterocycles. The highest BCUT2D eigenvalue weighted by atomic mass is 16.5. The molecule has 18 heavy (non-hydrogen) atoms. The first-order valence-corrected chi connectivity index (χ1v) is 7.18. The number of ether oxygens (including phenoxy) is 1. The molecule has 1 aliphatic heterocycles. The normalized spacial score (nSPS) is 24.3. The van der Waals surface area contributed by atoms with Gasteiger partial charge in [-0.1, -0.05) is 6.92 Å². The number of likely N-dealkylation sites (N-methyl/N-ethyl adjacent to an activating group) is 1. The second-order valence-corrected chi connectivity index (χ2v) is 6.07. The van der Waals surface area contributed by atoms with Crippen LogP contribution in [0.5, 0.6) is 0 Å². The van der Waals surface area contributed by atoms with E-state index in [4.69, 9.17) is 4.74 Å². The highest BCUT2D eigenvalue weighted by Crippen LogP contribution is 2.30. The Morgan fingerprint density at radius 2 is 2.11 bits per heavy atom. The number of carbonyl (C=O) groups excluding carboxylic acids is 1. The van der Waals surface area contributed by atoms with Gasteiger partial charge in [-0.3, -0.25) is 4.79 Å². The molecule has 0 bridgehead atoms. The molecule has 1 N–H and O–H groups in total. The molecular formula is C14H26N2O2. The smallest absolute Gasteiger partial charge is 0.242 e. The summed E-state index contributed by atoms with van der Waals surface area (Å²) in [6, 6.07) is 0.482. The number of carbonyl (C=O) groups is 1. The van der Waals surface area contributed by atoms with Crippen LogP contribution in [0.15, 0.2) is 0 Å². The number of hydrogen-bond acceptors (Lipinski definition) is 3. The van der Waals surface area contributed by atoms with Crippen LogP contribution in [0.2, 0.25) is 0 Å². The van der Waals surface area contributed by atoms with Gasteiger partial charge in [0.05, 0.1) is 12.1 Å². The molecule has 1 unspecified atom stereocenters. The number of hydrogen-bond donors (Lipinski definition) is 1. The summed E-state index contributed by atoms with van der Waals surface area (Å²) in [6.07, 6.45) is 3.43. The van der Waals surface area contributed by atoms with Gasteiger partial charge in [0.25, 0.3) is 0 Å². The Morgan fingerprint density at radius 1 is 1.39 bits per heavy atom. The summed E-state index contributed by atoms with van der Waals surface area (Å²) in [6.45, 7) is 9.38. The van der Waals surface area contributed by atoms with E-state index >= 15 is 0 Å². The standard InChI is InChI=1S/C14H26N2O2/c1-4-15-14(2,3)13(17)16(12-5-6-12)9-11-7-8-18-10-11/h11-12,15H,4-10H2,1-3H3. The van der Waals surface area contributed by atoms with Crippen molar-refractivity contribution in [3.05, 3.63) is 0 Å². The molecule has 104 valence electrons. The zero-order valence-corrected chi connectivity index (χ0v) is 11.9. The summed E-state index contributed by atoms with van der Waals surface area (Å²) in [5.41, 5.74) is -0.448. The third-order valence-electron chi connectivity index (χ3n) is 3.88. The Hall–Kier alpha value is -0.610. The third-order valence-corrected chi connectivity index (χ3v) is 3.88. The summed E-state index contributed by atoms with van der Waals surface area (Å²) < 4.78 is 5.42. The first-order valence-electron chi connectivity index (χ1n) is 7.18. The largest absolute Gasteiger partial charge is 0.381 e. The predicted octanol–water partition coefficient (Wildman–Crippen LogP) is 1.40. The van der Waals surface area contributed by atoms with Gasteiger partial charge in [-0.25, -0.2) is 0 Å². The van der Waals surface area contributed by atoms with Crippen LogP contribution < -0.4 is 5.32 Å². The van der Waals surface area contributed by atoms with Crippen molar-refractivity contribution >= 4 is 5.91 Å². The van der Waals surface area contributed by atoms with Crippen molar-refractivity contribution < 1.29 is 9.53 Å².